The normalized spacial score (nSPS) is 19.8. The van der Waals surface area contributed by atoms with Gasteiger partial charge in [0.1, 0.15) is 0 Å². The molecule has 0 unspecified atom stereocenters. The minimum Gasteiger partial charge on any atom is -0.352 e. The monoisotopic (exact) mass is 346 g/mol. The van der Waals surface area contributed by atoms with Gasteiger partial charge in [-0.05, 0) is 44.7 Å². The van der Waals surface area contributed by atoms with Crippen LogP contribution in [0.5, 0.6) is 0 Å². The summed E-state index contributed by atoms with van der Waals surface area (Å²) in [4.78, 5) is 17.3. The largest absolute Gasteiger partial charge is 0.352 e. The second-order valence-electron chi connectivity index (χ2n) is 4.49. The molecule has 0 aromatic carbocycles. The Morgan fingerprint density at radius 3 is 2.81 bits per heavy atom. The Labute approximate surface area is 111 Å². The van der Waals surface area contributed by atoms with E-state index in [1.807, 2.05) is 4.90 Å². The molecule has 1 aliphatic heterocycles. The Balaban J connectivity index is 1.84. The molecule has 5 heteroatoms. The molecular formula is C11H12Br2N2O. The molecule has 2 aliphatic rings. The van der Waals surface area contributed by atoms with Crippen LogP contribution in [-0.4, -0.2) is 22.3 Å². The summed E-state index contributed by atoms with van der Waals surface area (Å²) in [6.45, 7) is 1.59. The summed E-state index contributed by atoms with van der Waals surface area (Å²) in [5.41, 5.74) is 2.48. The maximum atomic E-state index is 12.0. The first-order chi connectivity index (χ1) is 7.66. The molecule has 2 heterocycles. The van der Waals surface area contributed by atoms with Crippen molar-refractivity contribution in [2.75, 3.05) is 6.54 Å². The smallest absolute Gasteiger partial charge is 0.225 e. The number of H-pyrrole nitrogens is 1. The highest BCUT2D eigenvalue weighted by atomic mass is 79.9. The molecule has 1 saturated carbocycles. The Morgan fingerprint density at radius 2 is 2.12 bits per heavy atom. The number of aromatic nitrogens is 1. The number of aromatic amines is 1. The Kier molecular flexibility index (Phi) is 2.63. The molecule has 1 aromatic heterocycles. The first-order valence-electron chi connectivity index (χ1n) is 5.50. The number of carbonyl (C=O) groups excluding carboxylic acids is 1. The quantitative estimate of drug-likeness (QED) is 0.833. The Hall–Kier alpha value is -0.290. The minimum atomic E-state index is 0.322. The molecule has 0 atom stereocenters. The van der Waals surface area contributed by atoms with Crippen LogP contribution in [0.1, 0.15) is 24.1 Å². The maximum Gasteiger partial charge on any atom is 0.225 e. The number of nitrogens with zero attached hydrogens (tertiary/aromatic N) is 1. The van der Waals surface area contributed by atoms with Gasteiger partial charge in [0, 0.05) is 36.7 Å². The lowest BCUT2D eigenvalue weighted by Gasteiger charge is -2.27. The fourth-order valence-electron chi connectivity index (χ4n) is 2.20. The third kappa shape index (κ3) is 1.74. The van der Waals surface area contributed by atoms with E-state index in [9.17, 15) is 4.79 Å². The number of nitrogens with one attached hydrogen (secondary N) is 1. The second kappa shape index (κ2) is 3.88. The Bertz CT molecular complexity index is 451. The molecule has 0 radical (unpaired) electrons. The van der Waals surface area contributed by atoms with Crippen LogP contribution in [0.3, 0.4) is 0 Å². The summed E-state index contributed by atoms with van der Waals surface area (Å²) in [7, 11) is 0. The van der Waals surface area contributed by atoms with Crippen LogP contribution in [0.15, 0.2) is 9.08 Å². The average Bonchev–Trinajstić information content (AvgIpc) is 3.07. The number of hydrogen-bond donors (Lipinski definition) is 1. The summed E-state index contributed by atoms with van der Waals surface area (Å²) in [5, 5.41) is 0. The van der Waals surface area contributed by atoms with Crippen LogP contribution in [0.2, 0.25) is 0 Å². The van der Waals surface area contributed by atoms with Crippen LogP contribution in [-0.2, 0) is 17.8 Å². The van der Waals surface area contributed by atoms with E-state index in [0.29, 0.717) is 11.8 Å². The summed E-state index contributed by atoms with van der Waals surface area (Å²) >= 11 is 7.02. The molecule has 1 fully saturated rings. The molecule has 1 N–H and O–H groups in total. The van der Waals surface area contributed by atoms with Gasteiger partial charge in [-0.1, -0.05) is 0 Å². The number of rotatable bonds is 1. The lowest BCUT2D eigenvalue weighted by molar-refractivity contribution is -0.133. The third-order valence-corrected chi connectivity index (χ3v) is 5.30. The first kappa shape index (κ1) is 10.8. The number of fused-ring (bicyclic) bond motifs is 1. The summed E-state index contributed by atoms with van der Waals surface area (Å²) in [6.07, 6.45) is 3.10. The van der Waals surface area contributed by atoms with Crippen LogP contribution < -0.4 is 0 Å². The number of hydrogen-bond acceptors (Lipinski definition) is 1. The fraction of sp³-hybridized carbons (Fsp3) is 0.545. The predicted molar refractivity (Wildman–Crippen MR) is 68.0 cm³/mol. The van der Waals surface area contributed by atoms with Gasteiger partial charge >= 0.3 is 0 Å². The van der Waals surface area contributed by atoms with Crippen LogP contribution in [0.4, 0.5) is 0 Å². The highest BCUT2D eigenvalue weighted by Gasteiger charge is 2.35. The van der Waals surface area contributed by atoms with Crippen molar-refractivity contribution in [3.05, 3.63) is 20.3 Å². The summed E-state index contributed by atoms with van der Waals surface area (Å²) in [6, 6.07) is 0. The number of halogens is 2. The zero-order valence-corrected chi connectivity index (χ0v) is 11.9. The van der Waals surface area contributed by atoms with Gasteiger partial charge in [-0.3, -0.25) is 4.79 Å². The van der Waals surface area contributed by atoms with Crippen molar-refractivity contribution in [1.29, 1.82) is 0 Å². The van der Waals surface area contributed by atoms with Crippen molar-refractivity contribution in [3.63, 3.8) is 0 Å². The van der Waals surface area contributed by atoms with Crippen molar-refractivity contribution in [3.8, 4) is 0 Å². The van der Waals surface area contributed by atoms with Crippen molar-refractivity contribution in [2.45, 2.75) is 25.8 Å². The van der Waals surface area contributed by atoms with Crippen molar-refractivity contribution < 1.29 is 4.79 Å². The number of carbonyl (C=O) groups is 1. The lowest BCUT2D eigenvalue weighted by atomic mass is 10.1. The molecule has 1 aliphatic carbocycles. The lowest BCUT2D eigenvalue weighted by Crippen LogP contribution is -2.36. The van der Waals surface area contributed by atoms with Crippen LogP contribution in [0.25, 0.3) is 0 Å². The minimum absolute atomic E-state index is 0.322. The van der Waals surface area contributed by atoms with Crippen LogP contribution in [0, 0.1) is 5.92 Å². The standard InChI is InChI=1S/C11H12Br2N2O/c12-9-7-5-15(11(16)6-1-2-6)4-3-8(7)14-10(9)13/h6,14H,1-5H2. The maximum absolute atomic E-state index is 12.0. The van der Waals surface area contributed by atoms with E-state index in [4.69, 9.17) is 0 Å². The van der Waals surface area contributed by atoms with Gasteiger partial charge < -0.3 is 9.88 Å². The van der Waals surface area contributed by atoms with E-state index >= 15 is 0 Å². The van der Waals surface area contributed by atoms with Gasteiger partial charge in [-0.25, -0.2) is 0 Å². The van der Waals surface area contributed by atoms with Crippen molar-refractivity contribution >= 4 is 37.8 Å². The van der Waals surface area contributed by atoms with Gasteiger partial charge in [0.25, 0.3) is 0 Å². The Morgan fingerprint density at radius 1 is 1.38 bits per heavy atom. The summed E-state index contributed by atoms with van der Waals surface area (Å²) in [5.74, 6) is 0.664. The highest BCUT2D eigenvalue weighted by molar-refractivity contribution is 9.13. The zero-order valence-electron chi connectivity index (χ0n) is 8.72. The van der Waals surface area contributed by atoms with Crippen molar-refractivity contribution in [2.24, 2.45) is 5.92 Å². The van der Waals surface area contributed by atoms with E-state index in [0.717, 1.165) is 41.4 Å². The molecule has 3 nitrogen and oxygen atoms in total. The molecule has 16 heavy (non-hydrogen) atoms. The molecule has 3 rings (SSSR count). The molecule has 86 valence electrons. The molecule has 0 saturated heterocycles. The topological polar surface area (TPSA) is 36.1 Å². The van der Waals surface area contributed by atoms with Crippen LogP contribution >= 0.6 is 31.9 Å². The number of amides is 1. The average molecular weight is 348 g/mol. The second-order valence-corrected chi connectivity index (χ2v) is 6.08. The third-order valence-electron chi connectivity index (χ3n) is 3.30. The molecule has 0 bridgehead atoms. The van der Waals surface area contributed by atoms with E-state index in [1.165, 1.54) is 11.3 Å². The summed E-state index contributed by atoms with van der Waals surface area (Å²) < 4.78 is 2.05. The van der Waals surface area contributed by atoms with Gasteiger partial charge in [-0.2, -0.15) is 0 Å². The van der Waals surface area contributed by atoms with Crippen molar-refractivity contribution in [1.82, 2.24) is 9.88 Å². The zero-order chi connectivity index (χ0) is 11.3. The highest BCUT2D eigenvalue weighted by Crippen LogP contribution is 2.36. The molecular weight excluding hydrogens is 336 g/mol. The van der Waals surface area contributed by atoms with E-state index in [2.05, 4.69) is 36.8 Å². The van der Waals surface area contributed by atoms with Gasteiger partial charge in [0.2, 0.25) is 5.91 Å². The fourth-order valence-corrected chi connectivity index (χ4v) is 3.14. The first-order valence-corrected chi connectivity index (χ1v) is 7.09. The van der Waals surface area contributed by atoms with Gasteiger partial charge in [0.05, 0.1) is 9.08 Å². The molecule has 1 aromatic rings. The van der Waals surface area contributed by atoms with E-state index in [-0.39, 0.29) is 0 Å². The van der Waals surface area contributed by atoms with E-state index in [1.54, 1.807) is 0 Å². The van der Waals surface area contributed by atoms with E-state index < -0.39 is 0 Å². The van der Waals surface area contributed by atoms with Gasteiger partial charge in [-0.15, -0.1) is 0 Å². The SMILES string of the molecule is O=C(C1CC1)N1CCc2[nH]c(Br)c(Br)c2C1. The molecule has 1 amide bonds. The van der Waals surface area contributed by atoms with Gasteiger partial charge in [0.15, 0.2) is 0 Å². The molecule has 0 spiro atoms. The predicted octanol–water partition coefficient (Wildman–Crippen LogP) is 2.83.